The molecule has 0 saturated heterocycles. The molecule has 0 amide bonds. The fraction of sp³-hybridized carbons (Fsp3) is 0.333. The number of hydrogen-bond acceptors (Lipinski definition) is 2. The first-order chi connectivity index (χ1) is 9.91. The lowest BCUT2D eigenvalue weighted by molar-refractivity contribution is 0.435. The molecule has 21 heavy (non-hydrogen) atoms. The van der Waals surface area contributed by atoms with Gasteiger partial charge in [-0.2, -0.15) is 0 Å². The largest absolute Gasteiger partial charge is 0.454 e. The van der Waals surface area contributed by atoms with Crippen LogP contribution in [0.25, 0.3) is 0 Å². The molecule has 2 aromatic rings. The molecule has 0 heterocycles. The summed E-state index contributed by atoms with van der Waals surface area (Å²) in [5, 5.41) is 0. The van der Waals surface area contributed by atoms with Crippen molar-refractivity contribution in [1.29, 1.82) is 0 Å². The van der Waals surface area contributed by atoms with Crippen LogP contribution in [0.3, 0.4) is 0 Å². The first-order valence-corrected chi connectivity index (χ1v) is 7.17. The van der Waals surface area contributed by atoms with E-state index < -0.39 is 0 Å². The first-order valence-electron chi connectivity index (χ1n) is 7.17. The Balaban J connectivity index is 2.26. The lowest BCUT2D eigenvalue weighted by atomic mass is 9.87. The zero-order valence-corrected chi connectivity index (χ0v) is 12.8. The summed E-state index contributed by atoms with van der Waals surface area (Å²) in [6.45, 7) is 6.92. The molecule has 0 saturated carbocycles. The van der Waals surface area contributed by atoms with Crippen molar-refractivity contribution < 1.29 is 9.13 Å². The average molecular weight is 287 g/mol. The maximum absolute atomic E-state index is 14.0. The summed E-state index contributed by atoms with van der Waals surface area (Å²) >= 11 is 0. The third-order valence-electron chi connectivity index (χ3n) is 3.40. The molecule has 0 aromatic heterocycles. The Morgan fingerprint density at radius 2 is 1.71 bits per heavy atom. The van der Waals surface area contributed by atoms with E-state index in [1.54, 1.807) is 6.07 Å². The normalized spacial score (nSPS) is 11.5. The van der Waals surface area contributed by atoms with Crippen molar-refractivity contribution in [2.75, 3.05) is 6.54 Å². The fourth-order valence-corrected chi connectivity index (χ4v) is 2.16. The average Bonchev–Trinajstić information content (AvgIpc) is 2.42. The van der Waals surface area contributed by atoms with Crippen LogP contribution in [0.1, 0.15) is 31.9 Å². The minimum atomic E-state index is -0.360. The lowest BCUT2D eigenvalue weighted by Gasteiger charge is -2.19. The van der Waals surface area contributed by atoms with Gasteiger partial charge in [-0.15, -0.1) is 0 Å². The van der Waals surface area contributed by atoms with Gasteiger partial charge in [0.1, 0.15) is 5.75 Å². The van der Waals surface area contributed by atoms with Crippen LogP contribution in [0.5, 0.6) is 11.5 Å². The van der Waals surface area contributed by atoms with Crippen molar-refractivity contribution in [2.24, 2.45) is 5.73 Å². The predicted molar refractivity (Wildman–Crippen MR) is 84.4 cm³/mol. The maximum atomic E-state index is 14.0. The van der Waals surface area contributed by atoms with E-state index in [1.165, 1.54) is 11.6 Å². The molecule has 0 radical (unpaired) electrons. The smallest absolute Gasteiger partial charge is 0.166 e. The van der Waals surface area contributed by atoms with Gasteiger partial charge in [0, 0.05) is 0 Å². The number of ether oxygens (including phenoxy) is 1. The van der Waals surface area contributed by atoms with Crippen molar-refractivity contribution in [2.45, 2.75) is 32.6 Å². The predicted octanol–water partition coefficient (Wildman–Crippen LogP) is 4.42. The summed E-state index contributed by atoms with van der Waals surface area (Å²) in [6, 6.07) is 12.7. The van der Waals surface area contributed by atoms with Crippen LogP contribution in [-0.2, 0) is 11.8 Å². The van der Waals surface area contributed by atoms with Crippen LogP contribution in [0.2, 0.25) is 0 Å². The van der Waals surface area contributed by atoms with Crippen molar-refractivity contribution >= 4 is 0 Å². The minimum absolute atomic E-state index is 0.0846. The van der Waals surface area contributed by atoms with E-state index in [4.69, 9.17) is 10.5 Å². The summed E-state index contributed by atoms with van der Waals surface area (Å²) in [6.07, 6.45) is 0.590. The third-order valence-corrected chi connectivity index (χ3v) is 3.40. The SMILES string of the molecule is CC(C)(C)c1ccc(Oc2c(F)cccc2CCN)cc1. The summed E-state index contributed by atoms with van der Waals surface area (Å²) in [5.74, 6) is 0.540. The Labute approximate surface area is 125 Å². The first kappa shape index (κ1) is 15.5. The van der Waals surface area contributed by atoms with Gasteiger partial charge in [-0.1, -0.05) is 45.0 Å². The number of rotatable bonds is 4. The van der Waals surface area contributed by atoms with Gasteiger partial charge in [0.15, 0.2) is 11.6 Å². The minimum Gasteiger partial charge on any atom is -0.454 e. The second kappa shape index (κ2) is 6.27. The fourth-order valence-electron chi connectivity index (χ4n) is 2.16. The number of nitrogens with two attached hydrogens (primary N) is 1. The van der Waals surface area contributed by atoms with E-state index in [0.29, 0.717) is 18.7 Å². The third kappa shape index (κ3) is 3.82. The molecule has 3 heteroatoms. The van der Waals surface area contributed by atoms with Crippen LogP contribution in [0.15, 0.2) is 42.5 Å². The molecule has 0 atom stereocenters. The molecule has 2 rings (SSSR count). The maximum Gasteiger partial charge on any atom is 0.166 e. The standard InChI is InChI=1S/C18H22FNO/c1-18(2,3)14-7-9-15(10-8-14)21-17-13(11-12-20)5-4-6-16(17)19/h4-10H,11-12,20H2,1-3H3. The van der Waals surface area contributed by atoms with Crippen LogP contribution in [0, 0.1) is 5.82 Å². The van der Waals surface area contributed by atoms with Gasteiger partial charge >= 0.3 is 0 Å². The molecule has 2 aromatic carbocycles. The van der Waals surface area contributed by atoms with Crippen molar-refractivity contribution in [3.05, 3.63) is 59.4 Å². The molecule has 112 valence electrons. The highest BCUT2D eigenvalue weighted by atomic mass is 19.1. The van der Waals surface area contributed by atoms with E-state index in [-0.39, 0.29) is 17.0 Å². The summed E-state index contributed by atoms with van der Waals surface area (Å²) in [5.41, 5.74) is 7.65. The van der Waals surface area contributed by atoms with Crippen LogP contribution in [-0.4, -0.2) is 6.54 Å². The number of halogens is 1. The van der Waals surface area contributed by atoms with Gasteiger partial charge < -0.3 is 10.5 Å². The zero-order valence-electron chi connectivity index (χ0n) is 12.8. The Morgan fingerprint density at radius 1 is 1.05 bits per heavy atom. The molecule has 0 aliphatic heterocycles. The molecule has 0 aliphatic rings. The van der Waals surface area contributed by atoms with Gasteiger partial charge in [-0.25, -0.2) is 4.39 Å². The lowest BCUT2D eigenvalue weighted by Crippen LogP contribution is -2.10. The number of hydrogen-bond donors (Lipinski definition) is 1. The summed E-state index contributed by atoms with van der Waals surface area (Å²) in [4.78, 5) is 0. The Kier molecular flexibility index (Phi) is 4.63. The highest BCUT2D eigenvalue weighted by molar-refractivity contribution is 5.40. The summed E-state index contributed by atoms with van der Waals surface area (Å²) in [7, 11) is 0. The second-order valence-corrected chi connectivity index (χ2v) is 6.14. The Hall–Kier alpha value is -1.87. The van der Waals surface area contributed by atoms with E-state index in [9.17, 15) is 4.39 Å². The van der Waals surface area contributed by atoms with Gasteiger partial charge in [0.25, 0.3) is 0 Å². The summed E-state index contributed by atoms with van der Waals surface area (Å²) < 4.78 is 19.7. The van der Waals surface area contributed by atoms with E-state index in [0.717, 1.165) is 5.56 Å². The van der Waals surface area contributed by atoms with Gasteiger partial charge in [-0.3, -0.25) is 0 Å². The van der Waals surface area contributed by atoms with E-state index >= 15 is 0 Å². The zero-order chi connectivity index (χ0) is 15.5. The quantitative estimate of drug-likeness (QED) is 0.903. The highest BCUT2D eigenvalue weighted by Crippen LogP contribution is 2.30. The second-order valence-electron chi connectivity index (χ2n) is 6.14. The molecule has 0 fully saturated rings. The van der Waals surface area contributed by atoms with E-state index in [2.05, 4.69) is 20.8 Å². The van der Waals surface area contributed by atoms with Gasteiger partial charge in [-0.05, 0) is 47.7 Å². The molecule has 0 unspecified atom stereocenters. The van der Waals surface area contributed by atoms with Crippen LogP contribution in [0.4, 0.5) is 4.39 Å². The van der Waals surface area contributed by atoms with Gasteiger partial charge in [0.05, 0.1) is 0 Å². The van der Waals surface area contributed by atoms with Crippen molar-refractivity contribution in [3.63, 3.8) is 0 Å². The van der Waals surface area contributed by atoms with Crippen LogP contribution < -0.4 is 10.5 Å². The molecular formula is C18H22FNO. The Morgan fingerprint density at radius 3 is 2.29 bits per heavy atom. The number of benzene rings is 2. The topological polar surface area (TPSA) is 35.2 Å². The van der Waals surface area contributed by atoms with Crippen LogP contribution >= 0.6 is 0 Å². The van der Waals surface area contributed by atoms with Crippen molar-refractivity contribution in [3.8, 4) is 11.5 Å². The molecular weight excluding hydrogens is 265 g/mol. The molecule has 2 nitrogen and oxygen atoms in total. The highest BCUT2D eigenvalue weighted by Gasteiger charge is 2.14. The molecule has 2 N–H and O–H groups in total. The van der Waals surface area contributed by atoms with Crippen molar-refractivity contribution in [1.82, 2.24) is 0 Å². The van der Waals surface area contributed by atoms with E-state index in [1.807, 2.05) is 30.3 Å². The molecule has 0 spiro atoms. The number of para-hydroxylation sites is 1. The monoisotopic (exact) mass is 287 g/mol. The molecule has 0 bridgehead atoms. The van der Waals surface area contributed by atoms with Gasteiger partial charge in [0.2, 0.25) is 0 Å². The molecule has 0 aliphatic carbocycles. The Bertz CT molecular complexity index is 600.